The first kappa shape index (κ1) is 38.5. The maximum Gasteiger partial charge on any atom is 0.170 e. The quantitative estimate of drug-likeness (QED) is 0.151. The third-order valence-corrected chi connectivity index (χ3v) is 13.6. The predicted molar refractivity (Wildman–Crippen MR) is 246 cm³/mol. The van der Waals surface area contributed by atoms with Crippen LogP contribution < -0.4 is 14.2 Å². The van der Waals surface area contributed by atoms with Crippen molar-refractivity contribution in [2.24, 2.45) is 7.05 Å². The highest BCUT2D eigenvalue weighted by atomic mass is 32.2. The summed E-state index contributed by atoms with van der Waals surface area (Å²) >= 11 is 5.52. The molecule has 9 aromatic rings. The van der Waals surface area contributed by atoms with Gasteiger partial charge in [0.25, 0.3) is 0 Å². The van der Waals surface area contributed by atoms with E-state index in [1.54, 1.807) is 11.8 Å². The van der Waals surface area contributed by atoms with Crippen molar-refractivity contribution < 1.29 is 14.2 Å². The molecule has 1 aromatic heterocycles. The van der Waals surface area contributed by atoms with Crippen LogP contribution >= 0.6 is 35.3 Å². The molecule has 7 heteroatoms. The van der Waals surface area contributed by atoms with Gasteiger partial charge in [0.2, 0.25) is 0 Å². The number of benzene rings is 8. The first-order chi connectivity index (χ1) is 28.9. The van der Waals surface area contributed by atoms with Crippen LogP contribution in [0.25, 0.3) is 21.8 Å². The second-order valence-electron chi connectivity index (χ2n) is 14.4. The number of aromatic nitrogens is 1. The van der Waals surface area contributed by atoms with Crippen molar-refractivity contribution in [3.63, 3.8) is 0 Å². The molecule has 0 N–H and O–H groups in total. The number of rotatable bonds is 0. The van der Waals surface area contributed by atoms with Crippen LogP contribution in [0.1, 0.15) is 16.7 Å². The Hall–Kier alpha value is -5.99. The summed E-state index contributed by atoms with van der Waals surface area (Å²) in [6.07, 6.45) is 0. The van der Waals surface area contributed by atoms with Crippen LogP contribution in [0.4, 0.5) is 0 Å². The molecule has 3 aliphatic rings. The van der Waals surface area contributed by atoms with Crippen LogP contribution in [-0.4, -0.2) is 4.57 Å². The highest BCUT2D eigenvalue weighted by molar-refractivity contribution is 8.05. The van der Waals surface area contributed by atoms with Crippen molar-refractivity contribution in [2.45, 2.75) is 50.1 Å². The summed E-state index contributed by atoms with van der Waals surface area (Å²) in [7, 11) is 2.12. The highest BCUT2D eigenvalue weighted by Gasteiger charge is 2.19. The molecule has 3 aliphatic heterocycles. The average molecular weight is 824 g/mol. The van der Waals surface area contributed by atoms with Gasteiger partial charge in [0, 0.05) is 48.4 Å². The lowest BCUT2D eigenvalue weighted by atomic mass is 10.2. The summed E-state index contributed by atoms with van der Waals surface area (Å²) < 4.78 is 19.5. The van der Waals surface area contributed by atoms with E-state index in [9.17, 15) is 0 Å². The molecule has 4 heterocycles. The van der Waals surface area contributed by atoms with Gasteiger partial charge in [0.1, 0.15) is 11.5 Å². The van der Waals surface area contributed by atoms with Gasteiger partial charge in [-0.2, -0.15) is 0 Å². The smallest absolute Gasteiger partial charge is 0.170 e. The van der Waals surface area contributed by atoms with Gasteiger partial charge in [-0.05, 0) is 122 Å². The standard InChI is InChI=1S/C13H11N.C13H10O2.C13H10OS.C13H10S2/c1-14-12-8-4-2-6-10(12)11-7-3-5-9-13(11)14;1-9-6-7-12-13(8-9)15-11-5-3-2-4-10(11)14-12;1-9-6-7-11-13(8-9)15-12-5-3-2-4-10(12)14-11;1-9-6-7-12-13(8-9)15-11-5-3-2-4-10(11)14-12/h2-9H,1H3;3*2-8H,1H3. The van der Waals surface area contributed by atoms with Gasteiger partial charge in [-0.1, -0.05) is 126 Å². The van der Waals surface area contributed by atoms with Crippen molar-refractivity contribution in [3.05, 3.63) is 193 Å². The maximum absolute atomic E-state index is 5.81. The van der Waals surface area contributed by atoms with Crippen LogP contribution in [-0.2, 0) is 7.05 Å². The number of ether oxygens (including phenoxy) is 3. The van der Waals surface area contributed by atoms with Crippen molar-refractivity contribution in [1.82, 2.24) is 4.57 Å². The van der Waals surface area contributed by atoms with E-state index in [0.29, 0.717) is 0 Å². The first-order valence-electron chi connectivity index (χ1n) is 19.4. The van der Waals surface area contributed by atoms with E-state index < -0.39 is 0 Å². The first-order valence-corrected chi connectivity index (χ1v) is 21.9. The van der Waals surface area contributed by atoms with E-state index in [0.717, 1.165) is 40.1 Å². The summed E-state index contributed by atoms with van der Waals surface area (Å²) in [6.45, 7) is 6.28. The summed E-state index contributed by atoms with van der Waals surface area (Å²) in [4.78, 5) is 7.91. The minimum absolute atomic E-state index is 0.772. The molecule has 290 valence electrons. The van der Waals surface area contributed by atoms with Gasteiger partial charge in [0.15, 0.2) is 23.0 Å². The normalized spacial score (nSPS) is 12.3. The van der Waals surface area contributed by atoms with Crippen LogP contribution in [0, 0.1) is 20.8 Å². The maximum atomic E-state index is 5.81. The van der Waals surface area contributed by atoms with Crippen LogP contribution in [0.5, 0.6) is 34.5 Å². The molecule has 4 nitrogen and oxygen atoms in total. The van der Waals surface area contributed by atoms with Gasteiger partial charge in [-0.25, -0.2) is 0 Å². The van der Waals surface area contributed by atoms with Crippen molar-refractivity contribution >= 4 is 57.1 Å². The molecule has 12 rings (SSSR count). The van der Waals surface area contributed by atoms with E-state index in [-0.39, 0.29) is 0 Å². The molecular weight excluding hydrogens is 783 g/mol. The Morgan fingerprint density at radius 2 is 0.712 bits per heavy atom. The molecule has 0 bridgehead atoms. The lowest BCUT2D eigenvalue weighted by molar-refractivity contribution is 0.359. The van der Waals surface area contributed by atoms with Gasteiger partial charge >= 0.3 is 0 Å². The van der Waals surface area contributed by atoms with Crippen LogP contribution in [0.3, 0.4) is 0 Å². The topological polar surface area (TPSA) is 32.6 Å². The van der Waals surface area contributed by atoms with Crippen molar-refractivity contribution in [1.29, 1.82) is 0 Å². The summed E-state index contributed by atoms with van der Waals surface area (Å²) in [5.74, 6) is 5.03. The van der Waals surface area contributed by atoms with E-state index >= 15 is 0 Å². The number of para-hydroxylation sites is 5. The number of hydrogen-bond acceptors (Lipinski definition) is 6. The summed E-state index contributed by atoms with van der Waals surface area (Å²) in [5.41, 5.74) is 6.37. The molecule has 0 aliphatic carbocycles. The Bertz CT molecular complexity index is 2690. The molecular formula is C52H41NO3S3. The molecule has 0 fully saturated rings. The molecule has 0 unspecified atom stereocenters. The predicted octanol–water partition coefficient (Wildman–Crippen LogP) is 16.1. The third-order valence-electron chi connectivity index (χ3n) is 9.99. The Morgan fingerprint density at radius 3 is 1.37 bits per heavy atom. The second-order valence-corrected chi connectivity index (χ2v) is 17.6. The molecule has 0 amide bonds. The Labute approximate surface area is 358 Å². The zero-order chi connectivity index (χ0) is 40.3. The van der Waals surface area contributed by atoms with E-state index in [1.165, 1.54) is 62.3 Å². The zero-order valence-electron chi connectivity index (χ0n) is 33.1. The van der Waals surface area contributed by atoms with Gasteiger partial charge < -0.3 is 18.8 Å². The summed E-state index contributed by atoms with van der Waals surface area (Å²) in [6, 6.07) is 60.3. The van der Waals surface area contributed by atoms with E-state index in [1.807, 2.05) is 97.2 Å². The minimum Gasteiger partial charge on any atom is -0.455 e. The molecule has 0 saturated carbocycles. The molecule has 0 radical (unpaired) electrons. The van der Waals surface area contributed by atoms with E-state index in [2.05, 4.69) is 135 Å². The Kier molecular flexibility index (Phi) is 11.2. The van der Waals surface area contributed by atoms with Gasteiger partial charge in [0.05, 0.1) is 9.79 Å². The number of fused-ring (bicyclic) bond motifs is 9. The summed E-state index contributed by atoms with van der Waals surface area (Å²) in [5, 5.41) is 2.68. The Balaban J connectivity index is 0.000000101. The van der Waals surface area contributed by atoms with Gasteiger partial charge in [-0.15, -0.1) is 0 Å². The largest absolute Gasteiger partial charge is 0.455 e. The fourth-order valence-electron chi connectivity index (χ4n) is 7.02. The lowest BCUT2D eigenvalue weighted by Crippen LogP contribution is -1.98. The van der Waals surface area contributed by atoms with E-state index in [4.69, 9.17) is 14.2 Å². The van der Waals surface area contributed by atoms with Crippen molar-refractivity contribution in [2.75, 3.05) is 0 Å². The molecule has 0 saturated heterocycles. The number of nitrogens with zero attached hydrogens (tertiary/aromatic N) is 1. The van der Waals surface area contributed by atoms with Gasteiger partial charge in [-0.3, -0.25) is 0 Å². The van der Waals surface area contributed by atoms with Crippen LogP contribution in [0.2, 0.25) is 0 Å². The fraction of sp³-hybridized carbons (Fsp3) is 0.0769. The average Bonchev–Trinajstić information content (AvgIpc) is 3.56. The van der Waals surface area contributed by atoms with Crippen molar-refractivity contribution in [3.8, 4) is 34.5 Å². The van der Waals surface area contributed by atoms with Crippen LogP contribution in [0.15, 0.2) is 205 Å². The minimum atomic E-state index is 0.772. The lowest BCUT2D eigenvalue weighted by Gasteiger charge is -2.20. The SMILES string of the molecule is Cc1ccc2c(c1)Oc1ccccc1O2.Cc1ccc2c(c1)Sc1ccccc1O2.Cc1ccc2c(c1)Sc1ccccc1S2.Cn1c2ccccc2c2ccccc21. The Morgan fingerprint density at radius 1 is 0.322 bits per heavy atom. The number of aryl methyl sites for hydroxylation is 4. The third kappa shape index (κ3) is 8.46. The number of hydrogen-bond donors (Lipinski definition) is 0. The molecule has 59 heavy (non-hydrogen) atoms. The zero-order valence-corrected chi connectivity index (χ0v) is 35.6. The second kappa shape index (κ2) is 17.1. The highest BCUT2D eigenvalue weighted by Crippen LogP contribution is 2.49. The molecule has 0 atom stereocenters. The monoisotopic (exact) mass is 823 g/mol. The fourth-order valence-corrected chi connectivity index (χ4v) is 10.4. The molecule has 0 spiro atoms. The molecule has 8 aromatic carbocycles.